The second-order valence-electron chi connectivity index (χ2n) is 4.21. The molecule has 0 aliphatic heterocycles. The van der Waals surface area contributed by atoms with Crippen molar-refractivity contribution < 1.29 is 8.76 Å². The van der Waals surface area contributed by atoms with Gasteiger partial charge in [0.05, 0.1) is 0 Å². The molecule has 0 fully saturated rings. The van der Waals surface area contributed by atoms with Crippen LogP contribution in [0.25, 0.3) is 0 Å². The van der Waals surface area contributed by atoms with Crippen molar-refractivity contribution >= 4 is 17.0 Å². The van der Waals surface area contributed by atoms with E-state index in [1.54, 1.807) is 0 Å². The summed E-state index contributed by atoms with van der Waals surface area (Å²) in [5, 5.41) is 0. The summed E-state index contributed by atoms with van der Waals surface area (Å²) in [5.74, 6) is 0. The van der Waals surface area contributed by atoms with Crippen molar-refractivity contribution in [3.05, 3.63) is 29.3 Å². The zero-order valence-corrected chi connectivity index (χ0v) is 11.7. The second kappa shape index (κ2) is 7.48. The molecule has 1 atom stereocenters. The van der Waals surface area contributed by atoms with Gasteiger partial charge in [0.2, 0.25) is 11.3 Å². The maximum Gasteiger partial charge on any atom is 0.231 e. The number of rotatable bonds is 7. The van der Waals surface area contributed by atoms with E-state index in [4.69, 9.17) is 10.3 Å². The fraction of sp³-hybridized carbons (Fsp3) is 0.500. The van der Waals surface area contributed by atoms with Crippen LogP contribution >= 0.6 is 0 Å². The Morgan fingerprint density at radius 3 is 2.78 bits per heavy atom. The fourth-order valence-corrected chi connectivity index (χ4v) is 2.05. The van der Waals surface area contributed by atoms with E-state index in [1.807, 2.05) is 18.0 Å². The van der Waals surface area contributed by atoms with E-state index in [-0.39, 0.29) is 0 Å². The zero-order valence-electron chi connectivity index (χ0n) is 10.8. The third-order valence-corrected chi connectivity index (χ3v) is 3.30. The molecule has 0 spiro atoms. The number of likely N-dealkylation sites (N-methyl/N-ethyl adjacent to an activating group) is 1. The summed E-state index contributed by atoms with van der Waals surface area (Å²) in [7, 11) is 1.96. The Bertz CT molecular complexity index is 412. The predicted molar refractivity (Wildman–Crippen MR) is 76.0 cm³/mol. The molecule has 0 saturated heterocycles. The number of nitrogens with zero attached hydrogens (tertiary/aromatic N) is 1. The lowest BCUT2D eigenvalue weighted by Crippen LogP contribution is -2.30. The quantitative estimate of drug-likeness (QED) is 0.637. The van der Waals surface area contributed by atoms with Gasteiger partial charge in [-0.05, 0) is 43.1 Å². The number of hydrogen-bond donors (Lipinski definition) is 3. The number of benzene rings is 1. The first kappa shape index (κ1) is 15.1. The largest absolute Gasteiger partial charge is 0.373 e. The lowest BCUT2D eigenvalue weighted by molar-refractivity contribution is 0.549. The van der Waals surface area contributed by atoms with Crippen LogP contribution in [0.15, 0.2) is 18.2 Å². The van der Waals surface area contributed by atoms with Gasteiger partial charge in [-0.25, -0.2) is 8.93 Å². The molecule has 0 saturated carbocycles. The highest BCUT2D eigenvalue weighted by Crippen LogP contribution is 2.18. The standard InChI is InChI=1S/C12H21N3O2S/c1-10-9-12(4-3-11(10)5-6-13)15(2)8-7-14-18(16)17/h3-4,9,14H,5-8,13H2,1-2H3,(H,16,17). The van der Waals surface area contributed by atoms with Gasteiger partial charge in [0.1, 0.15) is 0 Å². The van der Waals surface area contributed by atoms with E-state index in [1.165, 1.54) is 11.1 Å². The molecule has 6 heteroatoms. The molecular weight excluding hydrogens is 250 g/mol. The third-order valence-electron chi connectivity index (χ3n) is 2.85. The second-order valence-corrected chi connectivity index (χ2v) is 5.00. The van der Waals surface area contributed by atoms with Gasteiger partial charge in [0, 0.05) is 25.8 Å². The van der Waals surface area contributed by atoms with Crippen molar-refractivity contribution in [3.8, 4) is 0 Å². The maximum absolute atomic E-state index is 10.5. The Labute approximate surface area is 111 Å². The van der Waals surface area contributed by atoms with Gasteiger partial charge in [-0.2, -0.15) is 0 Å². The minimum absolute atomic E-state index is 0.462. The first-order valence-electron chi connectivity index (χ1n) is 5.89. The van der Waals surface area contributed by atoms with Crippen LogP contribution in [0.1, 0.15) is 11.1 Å². The molecule has 0 aliphatic carbocycles. The SMILES string of the molecule is Cc1cc(N(C)CCNS(=O)O)ccc1CCN. The molecular formula is C12H21N3O2S. The Kier molecular flexibility index (Phi) is 6.28. The molecule has 0 amide bonds. The van der Waals surface area contributed by atoms with Gasteiger partial charge >= 0.3 is 0 Å². The van der Waals surface area contributed by atoms with Crippen molar-refractivity contribution in [2.45, 2.75) is 13.3 Å². The Hall–Kier alpha value is -0.950. The fourth-order valence-electron chi connectivity index (χ4n) is 1.78. The minimum atomic E-state index is -1.94. The zero-order chi connectivity index (χ0) is 13.5. The van der Waals surface area contributed by atoms with Crippen molar-refractivity contribution in [2.24, 2.45) is 5.73 Å². The first-order chi connectivity index (χ1) is 8.54. The molecule has 4 N–H and O–H groups in total. The summed E-state index contributed by atoms with van der Waals surface area (Å²) in [6, 6.07) is 6.25. The van der Waals surface area contributed by atoms with E-state index in [9.17, 15) is 4.21 Å². The summed E-state index contributed by atoms with van der Waals surface area (Å²) >= 11 is -1.94. The predicted octanol–water partition coefficient (Wildman–Crippen LogP) is 0.659. The lowest BCUT2D eigenvalue weighted by atomic mass is 10.0. The number of nitrogens with two attached hydrogens (primary N) is 1. The van der Waals surface area contributed by atoms with E-state index in [0.29, 0.717) is 19.6 Å². The lowest BCUT2D eigenvalue weighted by Gasteiger charge is -2.20. The van der Waals surface area contributed by atoms with Crippen LogP contribution in [-0.2, 0) is 17.7 Å². The third kappa shape index (κ3) is 4.73. The summed E-state index contributed by atoms with van der Waals surface area (Å²) < 4.78 is 21.5. The average Bonchev–Trinajstić information content (AvgIpc) is 2.31. The molecule has 18 heavy (non-hydrogen) atoms. The normalized spacial score (nSPS) is 12.4. The highest BCUT2D eigenvalue weighted by molar-refractivity contribution is 7.77. The maximum atomic E-state index is 10.5. The molecule has 1 unspecified atom stereocenters. The number of aryl methyl sites for hydroxylation is 1. The molecule has 0 heterocycles. The molecule has 1 aromatic carbocycles. The highest BCUT2D eigenvalue weighted by atomic mass is 32.2. The minimum Gasteiger partial charge on any atom is -0.373 e. The van der Waals surface area contributed by atoms with Crippen LogP contribution in [0.4, 0.5) is 5.69 Å². The van der Waals surface area contributed by atoms with E-state index in [0.717, 1.165) is 12.1 Å². The van der Waals surface area contributed by atoms with Gasteiger partial charge < -0.3 is 10.6 Å². The summed E-state index contributed by atoms with van der Waals surface area (Å²) in [6.45, 7) is 3.86. The van der Waals surface area contributed by atoms with Crippen molar-refractivity contribution in [2.75, 3.05) is 31.6 Å². The molecule has 0 aliphatic rings. The molecule has 5 nitrogen and oxygen atoms in total. The van der Waals surface area contributed by atoms with Crippen LogP contribution in [0.3, 0.4) is 0 Å². The van der Waals surface area contributed by atoms with Gasteiger partial charge in [0.15, 0.2) is 0 Å². The smallest absolute Gasteiger partial charge is 0.231 e. The molecule has 0 radical (unpaired) electrons. The Balaban J connectivity index is 2.60. The van der Waals surface area contributed by atoms with Crippen molar-refractivity contribution in [3.63, 3.8) is 0 Å². The monoisotopic (exact) mass is 271 g/mol. The van der Waals surface area contributed by atoms with E-state index in [2.05, 4.69) is 23.8 Å². The summed E-state index contributed by atoms with van der Waals surface area (Å²) in [4.78, 5) is 2.04. The number of nitrogens with one attached hydrogen (secondary N) is 1. The van der Waals surface area contributed by atoms with Crippen LogP contribution in [0.5, 0.6) is 0 Å². The average molecular weight is 271 g/mol. The molecule has 0 aromatic heterocycles. The van der Waals surface area contributed by atoms with Crippen molar-refractivity contribution in [1.82, 2.24) is 4.72 Å². The molecule has 0 bridgehead atoms. The first-order valence-corrected chi connectivity index (χ1v) is 7.00. The number of hydrogen-bond acceptors (Lipinski definition) is 3. The molecule has 1 aromatic rings. The summed E-state index contributed by atoms with van der Waals surface area (Å²) in [5.41, 5.74) is 9.14. The topological polar surface area (TPSA) is 78.6 Å². The summed E-state index contributed by atoms with van der Waals surface area (Å²) in [6.07, 6.45) is 0.890. The Morgan fingerprint density at radius 1 is 1.50 bits per heavy atom. The highest BCUT2D eigenvalue weighted by Gasteiger charge is 2.04. The van der Waals surface area contributed by atoms with Crippen LogP contribution in [0, 0.1) is 6.92 Å². The van der Waals surface area contributed by atoms with Gasteiger partial charge in [-0.1, -0.05) is 6.07 Å². The molecule has 102 valence electrons. The van der Waals surface area contributed by atoms with Gasteiger partial charge in [-0.15, -0.1) is 0 Å². The number of anilines is 1. The Morgan fingerprint density at radius 2 is 2.22 bits per heavy atom. The van der Waals surface area contributed by atoms with Crippen LogP contribution in [0.2, 0.25) is 0 Å². The van der Waals surface area contributed by atoms with Crippen LogP contribution < -0.4 is 15.4 Å². The molecule has 1 rings (SSSR count). The van der Waals surface area contributed by atoms with Crippen molar-refractivity contribution in [1.29, 1.82) is 0 Å². The van der Waals surface area contributed by atoms with Crippen LogP contribution in [-0.4, -0.2) is 35.4 Å². The van der Waals surface area contributed by atoms with E-state index < -0.39 is 11.3 Å². The van der Waals surface area contributed by atoms with Gasteiger partial charge in [0.25, 0.3) is 0 Å². The van der Waals surface area contributed by atoms with Gasteiger partial charge in [-0.3, -0.25) is 4.55 Å². The van der Waals surface area contributed by atoms with E-state index >= 15 is 0 Å².